The molecule has 2 rings (SSSR count). The zero-order valence-corrected chi connectivity index (χ0v) is 10.2. The quantitative estimate of drug-likeness (QED) is 0.662. The third-order valence-corrected chi connectivity index (χ3v) is 2.52. The van der Waals surface area contributed by atoms with Crippen LogP contribution in [0.2, 0.25) is 0 Å². The number of carboxylic acids is 1. The van der Waals surface area contributed by atoms with Crippen LogP contribution in [-0.2, 0) is 0 Å². The zero-order chi connectivity index (χ0) is 14.2. The molecule has 0 radical (unpaired) electrons. The van der Waals surface area contributed by atoms with Crippen molar-refractivity contribution in [2.24, 2.45) is 0 Å². The summed E-state index contributed by atoms with van der Waals surface area (Å²) in [6.45, 7) is 3.29. The van der Waals surface area contributed by atoms with Gasteiger partial charge in [-0.1, -0.05) is 0 Å². The summed E-state index contributed by atoms with van der Waals surface area (Å²) in [6, 6.07) is 3.54. The monoisotopic (exact) mass is 262 g/mol. The van der Waals surface area contributed by atoms with Crippen molar-refractivity contribution >= 4 is 11.7 Å². The number of carbonyl (C=O) groups is 1. The molecule has 1 aromatic heterocycles. The number of aryl methyl sites for hydroxylation is 2. The Morgan fingerprint density at radius 2 is 2.11 bits per heavy atom. The molecule has 0 unspecified atom stereocenters. The lowest BCUT2D eigenvalue weighted by Gasteiger charge is -2.05. The lowest BCUT2D eigenvalue weighted by Crippen LogP contribution is -2.06. The number of aromatic carboxylic acids is 1. The van der Waals surface area contributed by atoms with Crippen LogP contribution in [0.3, 0.4) is 0 Å². The van der Waals surface area contributed by atoms with Gasteiger partial charge < -0.3 is 5.11 Å². The highest BCUT2D eigenvalue weighted by molar-refractivity contribution is 5.89. The second-order valence-corrected chi connectivity index (χ2v) is 3.88. The second-order valence-electron chi connectivity index (χ2n) is 3.88. The van der Waals surface area contributed by atoms with Gasteiger partial charge in [0.25, 0.3) is 5.69 Å². The zero-order valence-electron chi connectivity index (χ0n) is 10.2. The summed E-state index contributed by atoms with van der Waals surface area (Å²) < 4.78 is 1.26. The van der Waals surface area contributed by atoms with Crippen molar-refractivity contribution in [1.82, 2.24) is 14.8 Å². The molecule has 1 aromatic carbocycles. The fourth-order valence-corrected chi connectivity index (χ4v) is 1.73. The van der Waals surface area contributed by atoms with Crippen molar-refractivity contribution < 1.29 is 14.8 Å². The summed E-state index contributed by atoms with van der Waals surface area (Å²) in [5, 5.41) is 24.0. The molecule has 0 amide bonds. The third-order valence-electron chi connectivity index (χ3n) is 2.52. The number of aromatic nitrogens is 3. The number of benzene rings is 1. The minimum Gasteiger partial charge on any atom is -0.478 e. The predicted molar refractivity (Wildman–Crippen MR) is 64.4 cm³/mol. The summed E-state index contributed by atoms with van der Waals surface area (Å²) in [7, 11) is 0. The minimum absolute atomic E-state index is 0.0480. The van der Waals surface area contributed by atoms with E-state index in [-0.39, 0.29) is 16.9 Å². The SMILES string of the molecule is Cc1nc(C)n(-c2cc(C(=O)O)ccc2[N+](=O)[O-])n1. The topological polar surface area (TPSA) is 111 Å². The molecule has 8 heteroatoms. The number of carboxylic acid groups (broad SMARTS) is 1. The summed E-state index contributed by atoms with van der Waals surface area (Å²) in [6.07, 6.45) is 0. The van der Waals surface area contributed by atoms with Gasteiger partial charge in [-0.3, -0.25) is 10.1 Å². The predicted octanol–water partition coefficient (Wildman–Crippen LogP) is 1.49. The van der Waals surface area contributed by atoms with Gasteiger partial charge in [-0.05, 0) is 26.0 Å². The molecule has 0 atom stereocenters. The largest absolute Gasteiger partial charge is 0.478 e. The van der Waals surface area contributed by atoms with Crippen LogP contribution in [0.25, 0.3) is 5.69 Å². The first kappa shape index (κ1) is 12.7. The van der Waals surface area contributed by atoms with E-state index < -0.39 is 10.9 Å². The molecule has 0 spiro atoms. The normalized spacial score (nSPS) is 10.4. The van der Waals surface area contributed by atoms with Crippen molar-refractivity contribution in [1.29, 1.82) is 0 Å². The molecule has 0 fully saturated rings. The number of nitro groups is 1. The van der Waals surface area contributed by atoms with Crippen molar-refractivity contribution in [3.05, 3.63) is 45.5 Å². The fraction of sp³-hybridized carbons (Fsp3) is 0.182. The van der Waals surface area contributed by atoms with E-state index in [9.17, 15) is 14.9 Å². The molecule has 8 nitrogen and oxygen atoms in total. The molecule has 1 N–H and O–H groups in total. The van der Waals surface area contributed by atoms with E-state index in [2.05, 4.69) is 10.1 Å². The Kier molecular flexibility index (Phi) is 2.99. The van der Waals surface area contributed by atoms with Crippen LogP contribution in [0, 0.1) is 24.0 Å². The molecule has 0 aliphatic carbocycles. The van der Waals surface area contributed by atoms with Gasteiger partial charge >= 0.3 is 5.97 Å². The van der Waals surface area contributed by atoms with Crippen LogP contribution in [0.5, 0.6) is 0 Å². The van der Waals surface area contributed by atoms with Crippen LogP contribution >= 0.6 is 0 Å². The number of nitrogens with zero attached hydrogens (tertiary/aromatic N) is 4. The van der Waals surface area contributed by atoms with Crippen LogP contribution < -0.4 is 0 Å². The standard InChI is InChI=1S/C11H10N4O4/c1-6-12-7(2)14(13-6)10-5-8(11(16)17)3-4-9(10)15(18)19/h3-5H,1-2H3,(H,16,17). The van der Waals surface area contributed by atoms with E-state index in [1.807, 2.05) is 0 Å². The maximum atomic E-state index is 11.0. The summed E-state index contributed by atoms with van der Waals surface area (Å²) in [5.41, 5.74) is -0.186. The highest BCUT2D eigenvalue weighted by atomic mass is 16.6. The third kappa shape index (κ3) is 2.28. The number of hydrogen-bond donors (Lipinski definition) is 1. The van der Waals surface area contributed by atoms with Crippen LogP contribution in [0.15, 0.2) is 18.2 Å². The molecule has 0 bridgehead atoms. The lowest BCUT2D eigenvalue weighted by atomic mass is 10.1. The maximum Gasteiger partial charge on any atom is 0.335 e. The van der Waals surface area contributed by atoms with Gasteiger partial charge in [0.15, 0.2) is 0 Å². The Morgan fingerprint density at radius 1 is 1.42 bits per heavy atom. The summed E-state index contributed by atoms with van der Waals surface area (Å²) in [5.74, 6) is -0.263. The Balaban J connectivity index is 2.71. The minimum atomic E-state index is -1.16. The number of rotatable bonds is 3. The van der Waals surface area contributed by atoms with Gasteiger partial charge in [-0.15, -0.1) is 0 Å². The van der Waals surface area contributed by atoms with Crippen molar-refractivity contribution in [3.63, 3.8) is 0 Å². The molecular formula is C11H10N4O4. The van der Waals surface area contributed by atoms with E-state index >= 15 is 0 Å². The van der Waals surface area contributed by atoms with Gasteiger partial charge in [0.2, 0.25) is 0 Å². The Hall–Kier alpha value is -2.77. The molecule has 0 saturated heterocycles. The van der Waals surface area contributed by atoms with Crippen LogP contribution in [0.4, 0.5) is 5.69 Å². The Morgan fingerprint density at radius 3 is 2.58 bits per heavy atom. The second kappa shape index (κ2) is 4.48. The van der Waals surface area contributed by atoms with E-state index in [1.165, 1.54) is 16.8 Å². The number of hydrogen-bond acceptors (Lipinski definition) is 5. The van der Waals surface area contributed by atoms with Gasteiger partial charge in [-0.25, -0.2) is 14.5 Å². The molecule has 2 aromatic rings. The van der Waals surface area contributed by atoms with Crippen molar-refractivity contribution in [2.45, 2.75) is 13.8 Å². The van der Waals surface area contributed by atoms with E-state index in [0.29, 0.717) is 11.6 Å². The fourth-order valence-electron chi connectivity index (χ4n) is 1.73. The molecule has 0 aliphatic heterocycles. The summed E-state index contributed by atoms with van der Waals surface area (Å²) >= 11 is 0. The van der Waals surface area contributed by atoms with Crippen LogP contribution in [0.1, 0.15) is 22.0 Å². The Bertz CT molecular complexity index is 677. The number of nitro benzene ring substituents is 1. The highest BCUT2D eigenvalue weighted by Gasteiger charge is 2.20. The van der Waals surface area contributed by atoms with Gasteiger partial charge in [-0.2, -0.15) is 5.10 Å². The maximum absolute atomic E-state index is 11.0. The van der Waals surface area contributed by atoms with Crippen LogP contribution in [-0.4, -0.2) is 30.8 Å². The van der Waals surface area contributed by atoms with E-state index in [1.54, 1.807) is 13.8 Å². The molecule has 19 heavy (non-hydrogen) atoms. The smallest absolute Gasteiger partial charge is 0.335 e. The first-order valence-corrected chi connectivity index (χ1v) is 5.32. The first-order chi connectivity index (χ1) is 8.90. The van der Waals surface area contributed by atoms with Gasteiger partial charge in [0.05, 0.1) is 10.5 Å². The molecule has 0 aliphatic rings. The van der Waals surface area contributed by atoms with Gasteiger partial charge in [0.1, 0.15) is 17.3 Å². The molecule has 0 saturated carbocycles. The highest BCUT2D eigenvalue weighted by Crippen LogP contribution is 2.24. The molecule has 1 heterocycles. The average Bonchev–Trinajstić information content (AvgIpc) is 2.67. The van der Waals surface area contributed by atoms with E-state index in [4.69, 9.17) is 5.11 Å². The Labute approximate surface area is 107 Å². The summed E-state index contributed by atoms with van der Waals surface area (Å²) in [4.78, 5) is 25.4. The van der Waals surface area contributed by atoms with Crippen molar-refractivity contribution in [3.8, 4) is 5.69 Å². The first-order valence-electron chi connectivity index (χ1n) is 5.32. The molecular weight excluding hydrogens is 252 g/mol. The van der Waals surface area contributed by atoms with Crippen molar-refractivity contribution in [2.75, 3.05) is 0 Å². The van der Waals surface area contributed by atoms with Gasteiger partial charge in [0, 0.05) is 6.07 Å². The lowest BCUT2D eigenvalue weighted by molar-refractivity contribution is -0.384. The molecule has 98 valence electrons. The van der Waals surface area contributed by atoms with E-state index in [0.717, 1.165) is 6.07 Å². The average molecular weight is 262 g/mol.